The number of nitrogens with two attached hydrogens (primary N) is 1. The highest BCUT2D eigenvalue weighted by Crippen LogP contribution is 2.20. The molecule has 0 aliphatic heterocycles. The minimum Gasteiger partial charge on any atom is -0.453 e. The van der Waals surface area contributed by atoms with E-state index in [9.17, 15) is 19.2 Å². The van der Waals surface area contributed by atoms with Gasteiger partial charge in [0.1, 0.15) is 11.5 Å². The van der Waals surface area contributed by atoms with Crippen LogP contribution in [0.1, 0.15) is 44.5 Å². The van der Waals surface area contributed by atoms with E-state index >= 15 is 0 Å². The van der Waals surface area contributed by atoms with Crippen molar-refractivity contribution in [2.75, 3.05) is 26.5 Å². The van der Waals surface area contributed by atoms with Crippen molar-refractivity contribution in [1.82, 2.24) is 19.4 Å². The van der Waals surface area contributed by atoms with Crippen LogP contribution in [0.5, 0.6) is 0 Å². The molecule has 0 atom stereocenters. The number of methoxy groups -OCH3 is 1. The van der Waals surface area contributed by atoms with E-state index < -0.39 is 6.09 Å². The van der Waals surface area contributed by atoms with E-state index in [2.05, 4.69) is 40.7 Å². The molecule has 0 radical (unpaired) electrons. The van der Waals surface area contributed by atoms with E-state index in [1.54, 1.807) is 38.5 Å². The minimum absolute atomic E-state index is 0.0881. The van der Waals surface area contributed by atoms with E-state index in [0.717, 1.165) is 17.5 Å². The molecule has 11 nitrogen and oxygen atoms in total. The molecule has 11 heteroatoms. The van der Waals surface area contributed by atoms with Crippen LogP contribution < -0.4 is 16.6 Å². The Labute approximate surface area is 228 Å². The molecule has 2 heterocycles. The fourth-order valence-corrected chi connectivity index (χ4v) is 3.67. The summed E-state index contributed by atoms with van der Waals surface area (Å²) in [7, 11) is 4.60. The molecule has 0 aliphatic carbocycles. The van der Waals surface area contributed by atoms with Crippen molar-refractivity contribution in [3.8, 4) is 0 Å². The molecule has 1 aromatic carbocycles. The van der Waals surface area contributed by atoms with Crippen molar-refractivity contribution in [3.63, 3.8) is 0 Å². The first-order valence-electron chi connectivity index (χ1n) is 12.7. The summed E-state index contributed by atoms with van der Waals surface area (Å²) in [5.41, 5.74) is 7.46. The number of benzene rings is 1. The van der Waals surface area contributed by atoms with Gasteiger partial charge in [-0.25, -0.2) is 9.78 Å². The van der Waals surface area contributed by atoms with Crippen molar-refractivity contribution in [1.29, 1.82) is 0 Å². The zero-order valence-corrected chi connectivity index (χ0v) is 23.2. The zero-order valence-electron chi connectivity index (χ0n) is 23.2. The number of nitrogens with zero attached hydrogens (tertiary/aromatic N) is 3. The Morgan fingerprint density at radius 3 is 2.56 bits per heavy atom. The number of imidazole rings is 1. The fraction of sp³-hybridized carbons (Fsp3) is 0.393. The number of para-hydroxylation sites is 1. The molecule has 3 rings (SSSR count). The van der Waals surface area contributed by atoms with Crippen LogP contribution in [0.25, 0.3) is 11.0 Å². The summed E-state index contributed by atoms with van der Waals surface area (Å²) in [5.74, 6) is 0.889. The smallest absolute Gasteiger partial charge is 0.404 e. The molecule has 210 valence electrons. The maximum absolute atomic E-state index is 12.9. The first-order valence-corrected chi connectivity index (χ1v) is 12.7. The number of hydrogen-bond donors (Lipinski definition) is 3. The lowest BCUT2D eigenvalue weighted by Crippen LogP contribution is -2.26. The van der Waals surface area contributed by atoms with Crippen molar-refractivity contribution in [3.05, 3.63) is 70.4 Å². The Morgan fingerprint density at radius 1 is 1.21 bits per heavy atom. The van der Waals surface area contributed by atoms with Crippen LogP contribution in [-0.4, -0.2) is 58.5 Å². The van der Waals surface area contributed by atoms with Crippen molar-refractivity contribution < 1.29 is 19.1 Å². The first-order chi connectivity index (χ1) is 18.5. The Hall–Kier alpha value is -4.41. The monoisotopic (exact) mass is 538 g/mol. The van der Waals surface area contributed by atoms with Gasteiger partial charge >= 0.3 is 6.09 Å². The predicted octanol–water partition coefficient (Wildman–Crippen LogP) is 3.44. The summed E-state index contributed by atoms with van der Waals surface area (Å²) >= 11 is 0. The number of amides is 3. The van der Waals surface area contributed by atoms with E-state index in [1.165, 1.54) is 28.2 Å². The summed E-state index contributed by atoms with van der Waals surface area (Å²) < 4.78 is 5.42. The van der Waals surface area contributed by atoms with Crippen molar-refractivity contribution >= 4 is 34.6 Å². The molecule has 0 bridgehead atoms. The van der Waals surface area contributed by atoms with Gasteiger partial charge in [0.05, 0.1) is 24.7 Å². The van der Waals surface area contributed by atoms with Gasteiger partial charge in [0.15, 0.2) is 0 Å². The topological polar surface area (TPSA) is 152 Å². The standard InChI is InChI=1S/C26H33N5O3.C2H5NO2/c1-18(2)16-19-10-8-11-20-25(19)29-22(27-20)17-31-15-9-12-21(26(31)34)28-23(32)13-6-5-7-14-24(33)30(3)4;1-5-2(3)4/h7-12,14-15,18H,5-6,13,16-17H2,1-4H3,(H,27,29)(H,28,32);1H3,(H2,3,4)/b14-7+;. The molecule has 0 aliphatic rings. The number of rotatable bonds is 10. The van der Waals surface area contributed by atoms with E-state index in [1.807, 2.05) is 12.1 Å². The number of hydrogen-bond acceptors (Lipinski definition) is 6. The van der Waals surface area contributed by atoms with Crippen LogP contribution in [0, 0.1) is 5.92 Å². The number of H-pyrrole nitrogens is 1. The number of aromatic amines is 1. The highest BCUT2D eigenvalue weighted by Gasteiger charge is 2.12. The lowest BCUT2D eigenvalue weighted by molar-refractivity contribution is -0.123. The predicted molar refractivity (Wildman–Crippen MR) is 151 cm³/mol. The number of fused-ring (bicyclic) bond motifs is 1. The molecule has 0 fully saturated rings. The normalized spacial score (nSPS) is 10.8. The second-order valence-corrected chi connectivity index (χ2v) is 9.55. The third-order valence-electron chi connectivity index (χ3n) is 5.56. The molecule has 3 amide bonds. The van der Waals surface area contributed by atoms with E-state index in [-0.39, 0.29) is 36.0 Å². The summed E-state index contributed by atoms with van der Waals surface area (Å²) in [6, 6.07) is 9.43. The third-order valence-corrected chi connectivity index (χ3v) is 5.56. The fourth-order valence-electron chi connectivity index (χ4n) is 3.67. The lowest BCUT2D eigenvalue weighted by atomic mass is 10.0. The number of nitrogens with one attached hydrogen (secondary N) is 2. The number of allylic oxidation sites excluding steroid dienone is 1. The molecule has 2 aromatic heterocycles. The SMILES string of the molecule is CC(C)Cc1cccc2[nH]c(Cn3cccc(NC(=O)CCC/C=C/C(=O)N(C)C)c3=O)nc12.COC(N)=O. The van der Waals surface area contributed by atoms with Gasteiger partial charge in [0.25, 0.3) is 5.56 Å². The lowest BCUT2D eigenvalue weighted by Gasteiger charge is -2.08. The summed E-state index contributed by atoms with van der Waals surface area (Å²) in [6.45, 7) is 4.63. The molecular formula is C28H38N6O5. The Kier molecular flexibility index (Phi) is 11.9. The minimum atomic E-state index is -0.745. The van der Waals surface area contributed by atoms with Crippen molar-refractivity contribution in [2.24, 2.45) is 11.7 Å². The number of pyridine rings is 1. The molecular weight excluding hydrogens is 500 g/mol. The van der Waals surface area contributed by atoms with Gasteiger partial charge in [0, 0.05) is 26.7 Å². The molecule has 39 heavy (non-hydrogen) atoms. The number of carbonyl (C=O) groups excluding carboxylic acids is 3. The quantitative estimate of drug-likeness (QED) is 0.266. The number of unbranched alkanes of at least 4 members (excludes halogenated alkanes) is 1. The van der Waals surface area contributed by atoms with Crippen molar-refractivity contribution in [2.45, 2.75) is 46.1 Å². The number of ether oxygens (including phenoxy) is 1. The highest BCUT2D eigenvalue weighted by molar-refractivity contribution is 5.90. The van der Waals surface area contributed by atoms with Crippen LogP contribution in [-0.2, 0) is 27.3 Å². The van der Waals surface area contributed by atoms with Gasteiger partial charge in [-0.2, -0.15) is 0 Å². The average Bonchev–Trinajstić information content (AvgIpc) is 3.29. The maximum Gasteiger partial charge on any atom is 0.404 e. The Balaban J connectivity index is 0.000000976. The number of likely N-dealkylation sites (N-methyl/N-ethyl adjacent to an activating group) is 1. The largest absolute Gasteiger partial charge is 0.453 e. The molecule has 0 spiro atoms. The number of carbonyl (C=O) groups is 3. The third kappa shape index (κ3) is 10.1. The Morgan fingerprint density at radius 2 is 1.92 bits per heavy atom. The van der Waals surface area contributed by atoms with E-state index in [4.69, 9.17) is 4.98 Å². The molecule has 4 N–H and O–H groups in total. The molecule has 0 saturated heterocycles. The summed E-state index contributed by atoms with van der Waals surface area (Å²) in [6.07, 6.45) is 6.58. The van der Waals surface area contributed by atoms with Crippen LogP contribution in [0.3, 0.4) is 0 Å². The highest BCUT2D eigenvalue weighted by atomic mass is 16.5. The second kappa shape index (κ2) is 15.1. The van der Waals surface area contributed by atoms with Gasteiger partial charge in [0.2, 0.25) is 11.8 Å². The first kappa shape index (κ1) is 30.8. The Bertz CT molecular complexity index is 1360. The van der Waals surface area contributed by atoms with E-state index in [0.29, 0.717) is 24.6 Å². The van der Waals surface area contributed by atoms with Gasteiger partial charge < -0.3 is 30.2 Å². The summed E-state index contributed by atoms with van der Waals surface area (Å²) in [5, 5.41) is 2.71. The van der Waals surface area contributed by atoms with Gasteiger partial charge in [-0.3, -0.25) is 14.4 Å². The zero-order chi connectivity index (χ0) is 28.9. The average molecular weight is 539 g/mol. The van der Waals surface area contributed by atoms with Gasteiger partial charge in [-0.1, -0.05) is 32.1 Å². The van der Waals surface area contributed by atoms with Crippen LogP contribution in [0.2, 0.25) is 0 Å². The molecule has 3 aromatic rings. The molecule has 0 saturated carbocycles. The number of primary amides is 1. The maximum atomic E-state index is 12.9. The van der Waals surface area contributed by atoms with Crippen LogP contribution in [0.15, 0.2) is 53.5 Å². The number of anilines is 1. The second-order valence-electron chi connectivity index (χ2n) is 9.55. The number of aromatic nitrogens is 3. The molecule has 0 unspecified atom stereocenters. The van der Waals surface area contributed by atoms with Gasteiger partial charge in [-0.05, 0) is 55.0 Å². The van der Waals surface area contributed by atoms with Gasteiger partial charge in [-0.15, -0.1) is 0 Å². The van der Waals surface area contributed by atoms with Crippen LogP contribution in [0.4, 0.5) is 10.5 Å². The summed E-state index contributed by atoms with van der Waals surface area (Å²) in [4.78, 5) is 55.6. The van der Waals surface area contributed by atoms with Crippen LogP contribution >= 0.6 is 0 Å².